The standard InChI is InChI=1S/C22H24FN5S/c1-26(2)14-15-28-21(20(25-22(28)29)18-6-3-4-12-24-18)19-7-5-13-27(19)17-10-8-16(23)9-11-17/h3-13,20-21H,14-15H2,1-2H3,(H,25,29)/t20-,21+/m1/s1. The Morgan fingerprint density at radius 1 is 1.10 bits per heavy atom. The minimum absolute atomic E-state index is 0.0302. The summed E-state index contributed by atoms with van der Waals surface area (Å²) in [6.45, 7) is 1.67. The Balaban J connectivity index is 1.77. The summed E-state index contributed by atoms with van der Waals surface area (Å²) >= 11 is 5.71. The second kappa shape index (κ2) is 8.31. The van der Waals surface area contributed by atoms with Crippen LogP contribution in [-0.4, -0.2) is 51.6 Å². The summed E-state index contributed by atoms with van der Waals surface area (Å²) in [6.07, 6.45) is 3.81. The van der Waals surface area contributed by atoms with Gasteiger partial charge in [-0.3, -0.25) is 4.98 Å². The fourth-order valence-corrected chi connectivity index (χ4v) is 4.08. The van der Waals surface area contributed by atoms with Gasteiger partial charge in [-0.2, -0.15) is 0 Å². The molecule has 7 heteroatoms. The number of nitrogens with zero attached hydrogens (tertiary/aromatic N) is 4. The van der Waals surface area contributed by atoms with E-state index in [4.69, 9.17) is 12.2 Å². The van der Waals surface area contributed by atoms with Crippen LogP contribution in [0.1, 0.15) is 23.5 Å². The molecule has 0 saturated carbocycles. The Hall–Kier alpha value is -2.77. The van der Waals surface area contributed by atoms with Gasteiger partial charge in [-0.25, -0.2) is 4.39 Å². The highest BCUT2D eigenvalue weighted by Crippen LogP contribution is 2.39. The van der Waals surface area contributed by atoms with E-state index >= 15 is 0 Å². The average Bonchev–Trinajstić information content (AvgIpc) is 3.32. The Kier molecular flexibility index (Phi) is 5.60. The molecule has 1 aliphatic heterocycles. The van der Waals surface area contributed by atoms with Gasteiger partial charge in [0.15, 0.2) is 5.11 Å². The average molecular weight is 410 g/mol. The molecular formula is C22H24FN5S. The molecule has 0 spiro atoms. The number of thiocarbonyl (C=S) groups is 1. The quantitative estimate of drug-likeness (QED) is 0.630. The summed E-state index contributed by atoms with van der Waals surface area (Å²) in [4.78, 5) is 8.95. The molecule has 1 aliphatic rings. The molecule has 2 atom stereocenters. The van der Waals surface area contributed by atoms with Gasteiger partial charge in [0, 0.05) is 36.9 Å². The van der Waals surface area contributed by atoms with Crippen LogP contribution >= 0.6 is 12.2 Å². The van der Waals surface area contributed by atoms with Crippen molar-refractivity contribution >= 4 is 17.3 Å². The lowest BCUT2D eigenvalue weighted by Gasteiger charge is -2.29. The van der Waals surface area contributed by atoms with Gasteiger partial charge < -0.3 is 19.7 Å². The minimum atomic E-state index is -0.245. The molecule has 4 rings (SSSR count). The Morgan fingerprint density at radius 2 is 1.90 bits per heavy atom. The lowest BCUT2D eigenvalue weighted by molar-refractivity contribution is 0.272. The maximum atomic E-state index is 13.4. The molecule has 5 nitrogen and oxygen atoms in total. The molecule has 1 N–H and O–H groups in total. The van der Waals surface area contributed by atoms with E-state index in [2.05, 4.69) is 44.8 Å². The lowest BCUT2D eigenvalue weighted by atomic mass is 10.0. The zero-order chi connectivity index (χ0) is 20.4. The highest BCUT2D eigenvalue weighted by Gasteiger charge is 2.41. The molecule has 3 aromatic rings. The van der Waals surface area contributed by atoms with Crippen LogP contribution < -0.4 is 5.32 Å². The van der Waals surface area contributed by atoms with Crippen LogP contribution in [0.4, 0.5) is 4.39 Å². The van der Waals surface area contributed by atoms with E-state index in [9.17, 15) is 4.39 Å². The van der Waals surface area contributed by atoms with Gasteiger partial charge in [-0.1, -0.05) is 6.07 Å². The monoisotopic (exact) mass is 409 g/mol. The van der Waals surface area contributed by atoms with Crippen molar-refractivity contribution < 1.29 is 4.39 Å². The first-order valence-corrected chi connectivity index (χ1v) is 10.0. The van der Waals surface area contributed by atoms with Gasteiger partial charge >= 0.3 is 0 Å². The highest BCUT2D eigenvalue weighted by molar-refractivity contribution is 7.80. The number of pyridine rings is 1. The van der Waals surface area contributed by atoms with Crippen LogP contribution in [0.2, 0.25) is 0 Å². The molecule has 1 aromatic carbocycles. The highest BCUT2D eigenvalue weighted by atomic mass is 32.1. The number of hydrogen-bond acceptors (Lipinski definition) is 3. The van der Waals surface area contributed by atoms with Crippen LogP contribution in [0.15, 0.2) is 67.0 Å². The van der Waals surface area contributed by atoms with E-state index in [1.807, 2.05) is 30.5 Å². The van der Waals surface area contributed by atoms with Gasteiger partial charge in [0.1, 0.15) is 5.82 Å². The molecule has 0 bridgehead atoms. The molecule has 1 fully saturated rings. The van der Waals surface area contributed by atoms with Crippen molar-refractivity contribution in [3.05, 3.63) is 84.2 Å². The molecule has 0 radical (unpaired) electrons. The largest absolute Gasteiger partial charge is 0.352 e. The van der Waals surface area contributed by atoms with Crippen molar-refractivity contribution in [2.75, 3.05) is 27.2 Å². The smallest absolute Gasteiger partial charge is 0.170 e. The normalized spacial score (nSPS) is 19.0. The first-order chi connectivity index (χ1) is 14.0. The van der Waals surface area contributed by atoms with Crippen LogP contribution in [0.3, 0.4) is 0 Å². The molecular weight excluding hydrogens is 385 g/mol. The predicted molar refractivity (Wildman–Crippen MR) is 116 cm³/mol. The summed E-state index contributed by atoms with van der Waals surface area (Å²) in [7, 11) is 4.11. The van der Waals surface area contributed by atoms with Crippen LogP contribution in [-0.2, 0) is 0 Å². The number of hydrogen-bond donors (Lipinski definition) is 1. The van der Waals surface area contributed by atoms with Crippen molar-refractivity contribution in [2.45, 2.75) is 12.1 Å². The third kappa shape index (κ3) is 4.02. The van der Waals surface area contributed by atoms with Gasteiger partial charge in [-0.05, 0) is 74.8 Å². The zero-order valence-electron chi connectivity index (χ0n) is 16.5. The Morgan fingerprint density at radius 3 is 2.59 bits per heavy atom. The fourth-order valence-electron chi connectivity index (χ4n) is 3.75. The van der Waals surface area contributed by atoms with Gasteiger partial charge in [-0.15, -0.1) is 0 Å². The topological polar surface area (TPSA) is 36.3 Å². The second-order valence-electron chi connectivity index (χ2n) is 7.40. The van der Waals surface area contributed by atoms with Crippen molar-refractivity contribution in [1.82, 2.24) is 24.7 Å². The third-order valence-electron chi connectivity index (χ3n) is 5.17. The number of nitrogens with one attached hydrogen (secondary N) is 1. The Labute approximate surface area is 175 Å². The number of rotatable bonds is 6. The van der Waals surface area contributed by atoms with E-state index in [-0.39, 0.29) is 17.9 Å². The van der Waals surface area contributed by atoms with Crippen molar-refractivity contribution in [2.24, 2.45) is 0 Å². The fraction of sp³-hybridized carbons (Fsp3) is 0.273. The first-order valence-electron chi connectivity index (χ1n) is 9.60. The number of benzene rings is 1. The SMILES string of the molecule is CN(C)CCN1C(=S)N[C@H](c2ccccn2)[C@@H]1c1cccn1-c1ccc(F)cc1. The molecule has 0 aliphatic carbocycles. The maximum absolute atomic E-state index is 13.4. The van der Waals surface area contributed by atoms with E-state index < -0.39 is 0 Å². The molecule has 29 heavy (non-hydrogen) atoms. The van der Waals surface area contributed by atoms with Gasteiger partial charge in [0.25, 0.3) is 0 Å². The van der Waals surface area contributed by atoms with Crippen molar-refractivity contribution in [3.63, 3.8) is 0 Å². The molecule has 0 amide bonds. The van der Waals surface area contributed by atoms with E-state index in [0.717, 1.165) is 35.3 Å². The summed E-state index contributed by atoms with van der Waals surface area (Å²) in [5.74, 6) is -0.245. The molecule has 1 saturated heterocycles. The van der Waals surface area contributed by atoms with Gasteiger partial charge in [0.2, 0.25) is 0 Å². The predicted octanol–water partition coefficient (Wildman–Crippen LogP) is 3.55. The van der Waals surface area contributed by atoms with Gasteiger partial charge in [0.05, 0.1) is 17.8 Å². The lowest BCUT2D eigenvalue weighted by Crippen LogP contribution is -2.36. The minimum Gasteiger partial charge on any atom is -0.352 e. The molecule has 150 valence electrons. The number of halogens is 1. The molecule has 0 unspecified atom stereocenters. The van der Waals surface area contributed by atoms with Crippen LogP contribution in [0.5, 0.6) is 0 Å². The molecule has 2 aromatic heterocycles. The van der Waals surface area contributed by atoms with Crippen molar-refractivity contribution in [3.8, 4) is 5.69 Å². The zero-order valence-corrected chi connectivity index (χ0v) is 17.3. The summed E-state index contributed by atoms with van der Waals surface area (Å²) < 4.78 is 15.5. The number of aromatic nitrogens is 2. The van der Waals surface area contributed by atoms with E-state index in [1.165, 1.54) is 12.1 Å². The second-order valence-corrected chi connectivity index (χ2v) is 7.79. The first kappa shape index (κ1) is 19.5. The van der Waals surface area contributed by atoms with Crippen LogP contribution in [0.25, 0.3) is 5.69 Å². The number of likely N-dealkylation sites (N-methyl/N-ethyl adjacent to an activating group) is 1. The van der Waals surface area contributed by atoms with E-state index in [1.54, 1.807) is 18.3 Å². The third-order valence-corrected chi connectivity index (χ3v) is 5.53. The summed E-state index contributed by atoms with van der Waals surface area (Å²) in [6, 6.07) is 16.5. The van der Waals surface area contributed by atoms with Crippen molar-refractivity contribution in [1.29, 1.82) is 0 Å². The molecule has 3 heterocycles. The maximum Gasteiger partial charge on any atom is 0.170 e. The summed E-state index contributed by atoms with van der Waals surface area (Å²) in [5.41, 5.74) is 2.94. The van der Waals surface area contributed by atoms with E-state index in [0.29, 0.717) is 0 Å². The van der Waals surface area contributed by atoms with Crippen LogP contribution in [0, 0.1) is 5.82 Å². The Bertz CT molecular complexity index is 970. The summed E-state index contributed by atoms with van der Waals surface area (Å²) in [5, 5.41) is 4.19.